The number of hydrogen-bond donors (Lipinski definition) is 0. The molecule has 2 aromatic carbocycles. The van der Waals surface area contributed by atoms with Gasteiger partial charge < -0.3 is 4.90 Å². The highest BCUT2D eigenvalue weighted by atomic mass is 19.4. The summed E-state index contributed by atoms with van der Waals surface area (Å²) in [5, 5.41) is 0. The fraction of sp³-hybridized carbons (Fsp3) is 0.333. The molecule has 5 heteroatoms. The van der Waals surface area contributed by atoms with E-state index in [2.05, 4.69) is 0 Å². The lowest BCUT2D eigenvalue weighted by Crippen LogP contribution is -2.32. The van der Waals surface area contributed by atoms with Crippen molar-refractivity contribution in [2.75, 3.05) is 18.0 Å². The molecule has 0 fully saturated rings. The zero-order chi connectivity index (χ0) is 16.4. The fourth-order valence-corrected chi connectivity index (χ4v) is 3.12. The molecule has 1 aliphatic rings. The highest BCUT2D eigenvalue weighted by Crippen LogP contribution is 2.36. The number of halogens is 4. The third kappa shape index (κ3) is 3.66. The van der Waals surface area contributed by atoms with Gasteiger partial charge in [0.1, 0.15) is 5.82 Å². The summed E-state index contributed by atoms with van der Waals surface area (Å²) in [5.74, 6) is -0.315. The van der Waals surface area contributed by atoms with Crippen molar-refractivity contribution in [1.29, 1.82) is 0 Å². The molecule has 0 atom stereocenters. The highest BCUT2D eigenvalue weighted by molar-refractivity contribution is 5.75. The maximum Gasteiger partial charge on any atom is 0.390 e. The molecule has 0 radical (unpaired) electrons. The smallest absolute Gasteiger partial charge is 0.371 e. The molecule has 1 heterocycles. The van der Waals surface area contributed by atoms with Crippen molar-refractivity contribution in [2.45, 2.75) is 25.4 Å². The number of alkyl halides is 3. The fourth-order valence-electron chi connectivity index (χ4n) is 3.12. The van der Waals surface area contributed by atoms with E-state index >= 15 is 0 Å². The Hall–Kier alpha value is -2.04. The number of rotatable bonds is 3. The molecule has 23 heavy (non-hydrogen) atoms. The molecule has 0 spiro atoms. The van der Waals surface area contributed by atoms with Crippen LogP contribution in [0.3, 0.4) is 0 Å². The van der Waals surface area contributed by atoms with E-state index in [1.165, 1.54) is 12.1 Å². The van der Waals surface area contributed by atoms with Gasteiger partial charge in [0.2, 0.25) is 0 Å². The zero-order valence-electron chi connectivity index (χ0n) is 12.5. The Morgan fingerprint density at radius 3 is 2.57 bits per heavy atom. The van der Waals surface area contributed by atoms with Crippen LogP contribution in [0.25, 0.3) is 11.1 Å². The number of fused-ring (bicyclic) bond motifs is 1. The Labute approximate surface area is 132 Å². The first-order chi connectivity index (χ1) is 10.9. The number of hydrogen-bond acceptors (Lipinski definition) is 1. The zero-order valence-corrected chi connectivity index (χ0v) is 12.5. The summed E-state index contributed by atoms with van der Waals surface area (Å²) in [7, 11) is 0. The molecule has 3 rings (SSSR count). The maximum absolute atomic E-state index is 13.5. The third-order valence-corrected chi connectivity index (χ3v) is 4.15. The molecule has 0 N–H and O–H groups in total. The Kier molecular flexibility index (Phi) is 4.28. The van der Waals surface area contributed by atoms with Crippen LogP contribution in [-0.4, -0.2) is 19.3 Å². The normalized spacial score (nSPS) is 14.7. The van der Waals surface area contributed by atoms with Gasteiger partial charge in [0.15, 0.2) is 0 Å². The van der Waals surface area contributed by atoms with Crippen LogP contribution in [0.5, 0.6) is 0 Å². The summed E-state index contributed by atoms with van der Waals surface area (Å²) in [4.78, 5) is 1.79. The van der Waals surface area contributed by atoms with Crippen molar-refractivity contribution in [3.63, 3.8) is 0 Å². The topological polar surface area (TPSA) is 3.24 Å². The molecule has 0 aliphatic carbocycles. The van der Waals surface area contributed by atoms with E-state index in [4.69, 9.17) is 0 Å². The van der Waals surface area contributed by atoms with Crippen LogP contribution in [0.4, 0.5) is 23.2 Å². The van der Waals surface area contributed by atoms with Crippen molar-refractivity contribution in [3.05, 3.63) is 53.8 Å². The molecule has 0 bridgehead atoms. The summed E-state index contributed by atoms with van der Waals surface area (Å²) < 4.78 is 51.0. The van der Waals surface area contributed by atoms with E-state index in [9.17, 15) is 17.6 Å². The molecule has 1 nitrogen and oxygen atoms in total. The Bertz CT molecular complexity index is 694. The average Bonchev–Trinajstić information content (AvgIpc) is 2.51. The van der Waals surface area contributed by atoms with E-state index in [-0.39, 0.29) is 12.4 Å². The molecule has 0 amide bonds. The lowest BCUT2D eigenvalue weighted by atomic mass is 9.92. The third-order valence-electron chi connectivity index (χ3n) is 4.15. The van der Waals surface area contributed by atoms with Gasteiger partial charge in [0.05, 0.1) is 6.42 Å². The van der Waals surface area contributed by atoms with Gasteiger partial charge in [-0.25, -0.2) is 4.39 Å². The van der Waals surface area contributed by atoms with Crippen molar-refractivity contribution >= 4 is 5.69 Å². The van der Waals surface area contributed by atoms with Gasteiger partial charge >= 0.3 is 6.18 Å². The highest BCUT2D eigenvalue weighted by Gasteiger charge is 2.29. The predicted molar refractivity (Wildman–Crippen MR) is 83.0 cm³/mol. The Balaban J connectivity index is 1.94. The second-order valence-corrected chi connectivity index (χ2v) is 5.77. The summed E-state index contributed by atoms with van der Waals surface area (Å²) >= 11 is 0. The second-order valence-electron chi connectivity index (χ2n) is 5.77. The maximum atomic E-state index is 13.5. The lowest BCUT2D eigenvalue weighted by Gasteiger charge is -2.33. The Morgan fingerprint density at radius 1 is 1.04 bits per heavy atom. The Morgan fingerprint density at radius 2 is 1.83 bits per heavy atom. The van der Waals surface area contributed by atoms with Crippen LogP contribution in [0.15, 0.2) is 42.5 Å². The van der Waals surface area contributed by atoms with Gasteiger partial charge in [-0.15, -0.1) is 0 Å². The van der Waals surface area contributed by atoms with Gasteiger partial charge in [0.25, 0.3) is 0 Å². The monoisotopic (exact) mass is 323 g/mol. The van der Waals surface area contributed by atoms with Crippen molar-refractivity contribution in [3.8, 4) is 11.1 Å². The molecule has 1 aliphatic heterocycles. The minimum atomic E-state index is -4.15. The van der Waals surface area contributed by atoms with Crippen LogP contribution in [0.2, 0.25) is 0 Å². The van der Waals surface area contributed by atoms with E-state index in [1.54, 1.807) is 11.0 Å². The summed E-state index contributed by atoms with van der Waals surface area (Å²) in [6.45, 7) is 0.582. The molecule has 2 aromatic rings. The molecule has 0 aromatic heterocycles. The number of nitrogens with zero attached hydrogens (tertiary/aromatic N) is 1. The van der Waals surface area contributed by atoms with Gasteiger partial charge in [-0.05, 0) is 47.7 Å². The average molecular weight is 323 g/mol. The summed E-state index contributed by atoms with van der Waals surface area (Å²) in [5.41, 5.74) is 3.51. The standard InChI is InChI=1S/C18H17F4N/c19-14-5-1-4-13(12-14)15-6-2-8-17-16(15)7-3-10-23(17)11-9-18(20,21)22/h1-2,4-6,8,12H,3,7,9-11H2. The first-order valence-electron chi connectivity index (χ1n) is 7.63. The minimum absolute atomic E-state index is 0.0386. The molecule has 0 unspecified atom stereocenters. The van der Waals surface area contributed by atoms with Crippen LogP contribution in [-0.2, 0) is 6.42 Å². The van der Waals surface area contributed by atoms with E-state index in [0.29, 0.717) is 6.54 Å². The molecular weight excluding hydrogens is 306 g/mol. The number of anilines is 1. The largest absolute Gasteiger partial charge is 0.390 e. The second kappa shape index (κ2) is 6.22. The van der Waals surface area contributed by atoms with Crippen LogP contribution >= 0.6 is 0 Å². The molecule has 0 saturated carbocycles. The number of benzene rings is 2. The van der Waals surface area contributed by atoms with Crippen molar-refractivity contribution in [1.82, 2.24) is 0 Å². The van der Waals surface area contributed by atoms with Crippen LogP contribution in [0.1, 0.15) is 18.4 Å². The van der Waals surface area contributed by atoms with Crippen molar-refractivity contribution in [2.24, 2.45) is 0 Å². The molecule has 122 valence electrons. The quantitative estimate of drug-likeness (QED) is 0.702. The minimum Gasteiger partial charge on any atom is -0.371 e. The van der Waals surface area contributed by atoms with E-state index in [0.717, 1.165) is 35.2 Å². The van der Waals surface area contributed by atoms with Gasteiger partial charge in [-0.1, -0.05) is 24.3 Å². The van der Waals surface area contributed by atoms with Gasteiger partial charge in [0, 0.05) is 18.8 Å². The van der Waals surface area contributed by atoms with Gasteiger partial charge in [-0.2, -0.15) is 13.2 Å². The van der Waals surface area contributed by atoms with Gasteiger partial charge in [-0.3, -0.25) is 0 Å². The first-order valence-corrected chi connectivity index (χ1v) is 7.63. The summed E-state index contributed by atoms with van der Waals surface area (Å²) in [6, 6.07) is 11.9. The van der Waals surface area contributed by atoms with E-state index in [1.807, 2.05) is 24.3 Å². The van der Waals surface area contributed by atoms with E-state index < -0.39 is 12.6 Å². The predicted octanol–water partition coefficient (Wildman–Crippen LogP) is 5.20. The van der Waals surface area contributed by atoms with Crippen molar-refractivity contribution < 1.29 is 17.6 Å². The first kappa shape index (κ1) is 15.8. The molecular formula is C18H17F4N. The van der Waals surface area contributed by atoms with Crippen LogP contribution < -0.4 is 4.90 Å². The molecule has 0 saturated heterocycles. The lowest BCUT2D eigenvalue weighted by molar-refractivity contribution is -0.132. The summed E-state index contributed by atoms with van der Waals surface area (Å²) in [6.07, 6.45) is -3.38. The SMILES string of the molecule is Fc1cccc(-c2cccc3c2CCCN3CCC(F)(F)F)c1. The van der Waals surface area contributed by atoms with Crippen LogP contribution in [0, 0.1) is 5.82 Å².